The quantitative estimate of drug-likeness (QED) is 0.543. The molecule has 3 aromatic rings. The maximum absolute atomic E-state index is 13.9. The van der Waals surface area contributed by atoms with Crippen molar-refractivity contribution in [1.29, 1.82) is 0 Å². The maximum Gasteiger partial charge on any atom is 0.318 e. The molecule has 0 fully saturated rings. The van der Waals surface area contributed by atoms with Crippen molar-refractivity contribution in [3.63, 3.8) is 0 Å². The Labute approximate surface area is 128 Å². The van der Waals surface area contributed by atoms with E-state index in [2.05, 4.69) is 4.98 Å². The van der Waals surface area contributed by atoms with Gasteiger partial charge in [0.2, 0.25) is 5.82 Å². The highest BCUT2D eigenvalue weighted by Crippen LogP contribution is 2.38. The fraction of sp³-hybridized carbons (Fsp3) is 0.0714. The Balaban J connectivity index is 2.11. The van der Waals surface area contributed by atoms with E-state index in [1.807, 2.05) is 18.2 Å². The second-order valence-electron chi connectivity index (χ2n) is 4.35. The molecule has 2 heterocycles. The number of hydrogen-bond donors (Lipinski definition) is 0. The zero-order valence-corrected chi connectivity index (χ0v) is 12.2. The molecule has 3 rings (SSSR count). The van der Waals surface area contributed by atoms with Crippen LogP contribution in [0.1, 0.15) is 0 Å². The van der Waals surface area contributed by atoms with Crippen LogP contribution in [0.4, 0.5) is 10.1 Å². The number of hydrogen-bond acceptors (Lipinski definition) is 5. The minimum atomic E-state index is -0.937. The maximum atomic E-state index is 13.9. The van der Waals surface area contributed by atoms with Crippen LogP contribution in [0.25, 0.3) is 5.52 Å². The van der Waals surface area contributed by atoms with Gasteiger partial charge in [-0.3, -0.25) is 14.5 Å². The minimum Gasteiger partial charge on any atom is -0.497 e. The van der Waals surface area contributed by atoms with Gasteiger partial charge in [-0.2, -0.15) is 4.39 Å². The molecule has 0 aliphatic carbocycles. The van der Waals surface area contributed by atoms with E-state index in [1.165, 1.54) is 13.2 Å². The predicted octanol–water partition coefficient (Wildman–Crippen LogP) is 3.54. The third kappa shape index (κ3) is 2.48. The number of rotatable bonds is 4. The number of aromatic nitrogens is 2. The molecular formula is C14H10FN3O3S. The predicted molar refractivity (Wildman–Crippen MR) is 78.9 cm³/mol. The molecule has 0 radical (unpaired) electrons. The summed E-state index contributed by atoms with van der Waals surface area (Å²) in [5, 5.41) is 11.6. The van der Waals surface area contributed by atoms with E-state index in [-0.39, 0.29) is 10.6 Å². The lowest BCUT2D eigenvalue weighted by Crippen LogP contribution is -1.97. The van der Waals surface area contributed by atoms with Crippen LogP contribution in [0.15, 0.2) is 52.8 Å². The first-order chi connectivity index (χ1) is 10.6. The Morgan fingerprint density at radius 1 is 1.41 bits per heavy atom. The summed E-state index contributed by atoms with van der Waals surface area (Å²) in [4.78, 5) is 14.7. The number of halogens is 1. The third-order valence-corrected chi connectivity index (χ3v) is 4.04. The van der Waals surface area contributed by atoms with Gasteiger partial charge in [-0.15, -0.1) is 0 Å². The Morgan fingerprint density at radius 3 is 2.95 bits per heavy atom. The van der Waals surface area contributed by atoms with Crippen molar-refractivity contribution < 1.29 is 14.1 Å². The number of imidazole rings is 1. The lowest BCUT2D eigenvalue weighted by Gasteiger charge is -2.06. The van der Waals surface area contributed by atoms with Crippen molar-refractivity contribution in [3.05, 3.63) is 58.7 Å². The SMILES string of the molecule is COc1cc(F)c([N+](=O)[O-])c(Sc2ncc3ccccn23)c1. The molecule has 0 spiro atoms. The molecule has 0 atom stereocenters. The van der Waals surface area contributed by atoms with Gasteiger partial charge >= 0.3 is 5.69 Å². The molecule has 0 saturated carbocycles. The Bertz CT molecular complexity index is 866. The Morgan fingerprint density at radius 2 is 2.23 bits per heavy atom. The number of nitro groups is 1. The third-order valence-electron chi connectivity index (χ3n) is 3.03. The highest BCUT2D eigenvalue weighted by Gasteiger charge is 2.24. The van der Waals surface area contributed by atoms with Crippen molar-refractivity contribution in [1.82, 2.24) is 9.38 Å². The summed E-state index contributed by atoms with van der Waals surface area (Å²) < 4.78 is 20.7. The molecule has 0 bridgehead atoms. The molecule has 1 aromatic carbocycles. The van der Waals surface area contributed by atoms with Gasteiger partial charge in [-0.05, 0) is 23.9 Å². The average Bonchev–Trinajstić information content (AvgIpc) is 2.89. The number of nitro benzene ring substituents is 1. The van der Waals surface area contributed by atoms with Crippen LogP contribution in [0.5, 0.6) is 5.75 Å². The first kappa shape index (κ1) is 14.3. The van der Waals surface area contributed by atoms with E-state index in [0.717, 1.165) is 23.3 Å². The summed E-state index contributed by atoms with van der Waals surface area (Å²) in [7, 11) is 1.37. The van der Waals surface area contributed by atoms with Gasteiger partial charge in [0, 0.05) is 18.3 Å². The highest BCUT2D eigenvalue weighted by atomic mass is 32.2. The molecule has 0 N–H and O–H groups in total. The smallest absolute Gasteiger partial charge is 0.318 e. The number of fused-ring (bicyclic) bond motifs is 1. The molecule has 8 heteroatoms. The van der Waals surface area contributed by atoms with Crippen LogP contribution in [0.2, 0.25) is 0 Å². The van der Waals surface area contributed by atoms with Crippen LogP contribution < -0.4 is 4.74 Å². The molecule has 6 nitrogen and oxygen atoms in total. The molecule has 22 heavy (non-hydrogen) atoms. The number of pyridine rings is 1. The zero-order valence-electron chi connectivity index (χ0n) is 11.4. The van der Waals surface area contributed by atoms with Gasteiger partial charge in [0.25, 0.3) is 0 Å². The van der Waals surface area contributed by atoms with Crippen LogP contribution in [-0.2, 0) is 0 Å². The van der Waals surface area contributed by atoms with E-state index in [4.69, 9.17) is 4.74 Å². The minimum absolute atomic E-state index is 0.137. The van der Waals surface area contributed by atoms with E-state index < -0.39 is 16.4 Å². The van der Waals surface area contributed by atoms with Gasteiger partial charge in [-0.25, -0.2) is 4.98 Å². The fourth-order valence-corrected chi connectivity index (χ4v) is 3.03. The van der Waals surface area contributed by atoms with Crippen molar-refractivity contribution in [2.45, 2.75) is 10.1 Å². The average molecular weight is 319 g/mol. The molecule has 0 unspecified atom stereocenters. The number of ether oxygens (including phenoxy) is 1. The summed E-state index contributed by atoms with van der Waals surface area (Å²) in [6.07, 6.45) is 3.43. The lowest BCUT2D eigenvalue weighted by molar-refractivity contribution is -0.390. The van der Waals surface area contributed by atoms with Crippen LogP contribution in [0, 0.1) is 15.9 Å². The molecule has 0 amide bonds. The molecule has 112 valence electrons. The topological polar surface area (TPSA) is 69.7 Å². The van der Waals surface area contributed by atoms with E-state index in [1.54, 1.807) is 16.8 Å². The summed E-state index contributed by atoms with van der Waals surface area (Å²) >= 11 is 1.01. The monoisotopic (exact) mass is 319 g/mol. The summed E-state index contributed by atoms with van der Waals surface area (Å²) in [6, 6.07) is 7.96. The van der Waals surface area contributed by atoms with E-state index in [9.17, 15) is 14.5 Å². The fourth-order valence-electron chi connectivity index (χ4n) is 2.02. The zero-order chi connectivity index (χ0) is 15.7. The van der Waals surface area contributed by atoms with E-state index in [0.29, 0.717) is 5.16 Å². The van der Waals surface area contributed by atoms with Crippen molar-refractivity contribution in [2.75, 3.05) is 7.11 Å². The van der Waals surface area contributed by atoms with Crippen LogP contribution >= 0.6 is 11.8 Å². The molecule has 0 aliphatic rings. The Kier molecular flexibility index (Phi) is 3.68. The molecular weight excluding hydrogens is 309 g/mol. The van der Waals surface area contributed by atoms with Gasteiger partial charge in [0.1, 0.15) is 5.75 Å². The molecule has 0 saturated heterocycles. The summed E-state index contributed by atoms with van der Waals surface area (Å²) in [6.45, 7) is 0. The second kappa shape index (κ2) is 5.64. The van der Waals surface area contributed by atoms with Crippen LogP contribution in [-0.4, -0.2) is 21.4 Å². The highest BCUT2D eigenvalue weighted by molar-refractivity contribution is 7.99. The van der Waals surface area contributed by atoms with Gasteiger partial charge in [0.15, 0.2) is 5.16 Å². The van der Waals surface area contributed by atoms with Crippen molar-refractivity contribution in [2.24, 2.45) is 0 Å². The van der Waals surface area contributed by atoms with Crippen molar-refractivity contribution >= 4 is 23.0 Å². The van der Waals surface area contributed by atoms with Crippen molar-refractivity contribution in [3.8, 4) is 5.75 Å². The lowest BCUT2D eigenvalue weighted by atomic mass is 10.3. The first-order valence-corrected chi connectivity index (χ1v) is 7.03. The van der Waals surface area contributed by atoms with Gasteiger partial charge in [0.05, 0.1) is 28.6 Å². The molecule has 0 aliphatic heterocycles. The van der Waals surface area contributed by atoms with Gasteiger partial charge < -0.3 is 4.74 Å². The van der Waals surface area contributed by atoms with Gasteiger partial charge in [-0.1, -0.05) is 6.07 Å². The number of benzene rings is 1. The Hall–Kier alpha value is -2.61. The largest absolute Gasteiger partial charge is 0.497 e. The first-order valence-electron chi connectivity index (χ1n) is 6.22. The van der Waals surface area contributed by atoms with E-state index >= 15 is 0 Å². The number of nitrogens with zero attached hydrogens (tertiary/aromatic N) is 3. The normalized spacial score (nSPS) is 10.8. The number of methoxy groups -OCH3 is 1. The summed E-state index contributed by atoms with van der Waals surface area (Å²) in [5.74, 6) is -0.723. The molecule has 2 aromatic heterocycles. The summed E-state index contributed by atoms with van der Waals surface area (Å²) in [5.41, 5.74) is 0.259. The second-order valence-corrected chi connectivity index (χ2v) is 5.36. The van der Waals surface area contributed by atoms with Crippen LogP contribution in [0.3, 0.4) is 0 Å². The standard InChI is InChI=1S/C14H10FN3O3S/c1-21-10-6-11(15)13(18(19)20)12(7-10)22-14-16-8-9-4-2-3-5-17(9)14/h2-8H,1H3.